The fourth-order valence-electron chi connectivity index (χ4n) is 8.52. The average Bonchev–Trinajstić information content (AvgIpc) is 3.32. The van der Waals surface area contributed by atoms with Gasteiger partial charge >= 0.3 is 17.9 Å². The van der Waals surface area contributed by atoms with Crippen molar-refractivity contribution >= 4 is 30.1 Å². The highest BCUT2D eigenvalue weighted by Gasteiger charge is 2.33. The van der Waals surface area contributed by atoms with Crippen molar-refractivity contribution in [1.29, 1.82) is 0 Å². The van der Waals surface area contributed by atoms with Crippen molar-refractivity contribution in [1.82, 2.24) is 19.6 Å². The Labute approximate surface area is 401 Å². The summed E-state index contributed by atoms with van der Waals surface area (Å²) in [6.45, 7) is 29.0. The zero-order valence-corrected chi connectivity index (χ0v) is 42.6. The van der Waals surface area contributed by atoms with Crippen LogP contribution < -0.4 is 4.74 Å². The molecule has 0 unspecified atom stereocenters. The normalized spacial score (nSPS) is 17.7. The first-order valence-electron chi connectivity index (χ1n) is 24.4. The summed E-state index contributed by atoms with van der Waals surface area (Å²) >= 11 is 0. The molecule has 2 heterocycles. The van der Waals surface area contributed by atoms with Crippen LogP contribution in [0.1, 0.15) is 109 Å². The molecular weight excluding hydrogens is 845 g/mol. The second kappa shape index (κ2) is 24.6. The van der Waals surface area contributed by atoms with Crippen molar-refractivity contribution in [2.45, 2.75) is 125 Å². The van der Waals surface area contributed by atoms with Crippen LogP contribution in [-0.4, -0.2) is 146 Å². The highest BCUT2D eigenvalue weighted by Crippen LogP contribution is 2.31. The molecule has 0 spiro atoms. The predicted molar refractivity (Wildman–Crippen MR) is 268 cm³/mol. The second-order valence-corrected chi connectivity index (χ2v) is 21.1. The largest absolute Gasteiger partial charge is 0.491 e. The van der Waals surface area contributed by atoms with Crippen molar-refractivity contribution in [3.63, 3.8) is 0 Å². The summed E-state index contributed by atoms with van der Waals surface area (Å²) in [4.78, 5) is 48.0. The van der Waals surface area contributed by atoms with Crippen LogP contribution in [0.4, 0.5) is 0 Å². The molecule has 0 N–H and O–H groups in total. The van der Waals surface area contributed by atoms with Crippen LogP contribution in [-0.2, 0) is 39.9 Å². The topological polar surface area (TPSA) is 110 Å². The molecule has 0 aromatic heterocycles. The van der Waals surface area contributed by atoms with Crippen LogP contribution in [0, 0.1) is 13.8 Å². The molecule has 2 aliphatic heterocycles. The summed E-state index contributed by atoms with van der Waals surface area (Å²) in [6.07, 6.45) is 7.12. The number of carbonyl (C=O) groups excluding carboxylic acids is 3. The van der Waals surface area contributed by atoms with E-state index in [0.29, 0.717) is 59.1 Å². The Bertz CT molecular complexity index is 2060. The molecule has 0 bridgehead atoms. The minimum absolute atomic E-state index is 0.172. The lowest BCUT2D eigenvalue weighted by Gasteiger charge is -2.36. The molecule has 3 aromatic carbocycles. The number of hydrogen-bond donors (Lipinski definition) is 0. The SMILES string of the molecule is Cc1cc(CN2CCCC[C@H]2C(=O)OC(C)(C)C)c(OCCOCCN2CCN(CC(=O)OC(C)(C)C)CCN(CC(=O)OC(C)(C)C)CC2)cc1/C=C/c1cccc(-c2ccccc2)c1C. The summed E-state index contributed by atoms with van der Waals surface area (Å²) in [5.74, 6) is 0.0762. The molecule has 12 heteroatoms. The standard InChI is InChI=1S/C55H80N4O8/c1-41-36-46(38-59-25-16-15-22-48(59)52(62)67-55(9,10)11)49(37-45(41)24-23-43-20-17-21-47(42(43)2)44-18-13-12-14-19-44)64-35-34-63-33-32-56-26-28-57(39-50(60)65-53(3,4)5)30-31-58(29-27-56)40-51(61)66-54(6,7)8/h12-14,17-21,23-24,36-37,48H,15-16,22,25-35,38-40H2,1-11H3/b24-23+/t48-/m0/s1. The van der Waals surface area contributed by atoms with E-state index in [2.05, 4.69) is 100 Å². The number of piperidine rings is 1. The minimum atomic E-state index is -0.569. The molecule has 0 aliphatic carbocycles. The van der Waals surface area contributed by atoms with Gasteiger partial charge in [-0.05, 0) is 135 Å². The maximum atomic E-state index is 13.5. The third-order valence-electron chi connectivity index (χ3n) is 11.8. The van der Waals surface area contributed by atoms with Crippen molar-refractivity contribution < 1.29 is 38.1 Å². The maximum absolute atomic E-state index is 13.5. The molecule has 0 amide bonds. The number of rotatable bonds is 17. The van der Waals surface area contributed by atoms with Gasteiger partial charge in [0.25, 0.3) is 0 Å². The highest BCUT2D eigenvalue weighted by molar-refractivity contribution is 5.79. The molecule has 2 saturated heterocycles. The van der Waals surface area contributed by atoms with E-state index >= 15 is 0 Å². The van der Waals surface area contributed by atoms with Crippen molar-refractivity contribution in [3.05, 3.63) is 88.5 Å². The number of nitrogens with zero attached hydrogens (tertiary/aromatic N) is 4. The van der Waals surface area contributed by atoms with Crippen LogP contribution in [0.2, 0.25) is 0 Å². The molecule has 2 fully saturated rings. The molecule has 0 radical (unpaired) electrons. The third-order valence-corrected chi connectivity index (χ3v) is 11.8. The van der Waals surface area contributed by atoms with Gasteiger partial charge in [0.2, 0.25) is 0 Å². The van der Waals surface area contributed by atoms with E-state index in [0.717, 1.165) is 66.9 Å². The fourth-order valence-corrected chi connectivity index (χ4v) is 8.52. The second-order valence-electron chi connectivity index (χ2n) is 21.1. The zero-order chi connectivity index (χ0) is 48.8. The molecular formula is C55H80N4O8. The summed E-state index contributed by atoms with van der Waals surface area (Å²) in [5, 5.41) is 0. The molecule has 368 valence electrons. The Morgan fingerprint density at radius 3 is 1.81 bits per heavy atom. The Morgan fingerprint density at radius 1 is 0.627 bits per heavy atom. The Balaban J connectivity index is 1.27. The van der Waals surface area contributed by atoms with Gasteiger partial charge in [0.05, 0.1) is 26.3 Å². The van der Waals surface area contributed by atoms with Crippen molar-refractivity contribution in [3.8, 4) is 16.9 Å². The molecule has 3 aromatic rings. The Hall–Kier alpha value is -4.59. The van der Waals surface area contributed by atoms with Gasteiger partial charge in [0, 0.05) is 57.9 Å². The summed E-state index contributed by atoms with van der Waals surface area (Å²) in [5.41, 5.74) is 6.27. The van der Waals surface area contributed by atoms with E-state index < -0.39 is 16.8 Å². The quantitative estimate of drug-likeness (QED) is 0.0559. The van der Waals surface area contributed by atoms with E-state index in [1.54, 1.807) is 0 Å². The van der Waals surface area contributed by atoms with Crippen LogP contribution >= 0.6 is 0 Å². The van der Waals surface area contributed by atoms with Crippen LogP contribution in [0.3, 0.4) is 0 Å². The van der Waals surface area contributed by atoms with Gasteiger partial charge in [-0.15, -0.1) is 0 Å². The van der Waals surface area contributed by atoms with E-state index in [1.807, 2.05) is 68.4 Å². The van der Waals surface area contributed by atoms with Gasteiger partial charge in [0.1, 0.15) is 35.2 Å². The molecule has 67 heavy (non-hydrogen) atoms. The van der Waals surface area contributed by atoms with E-state index in [9.17, 15) is 14.4 Å². The number of aryl methyl sites for hydroxylation is 1. The van der Waals surface area contributed by atoms with Gasteiger partial charge in [0.15, 0.2) is 0 Å². The number of esters is 3. The molecule has 1 atom stereocenters. The lowest BCUT2D eigenvalue weighted by atomic mass is 9.95. The van der Waals surface area contributed by atoms with Crippen LogP contribution in [0.5, 0.6) is 5.75 Å². The first kappa shape index (κ1) is 53.4. The Kier molecular flexibility index (Phi) is 19.6. The number of ether oxygens (including phenoxy) is 5. The molecule has 12 nitrogen and oxygen atoms in total. The number of benzene rings is 3. The summed E-state index contributed by atoms with van der Waals surface area (Å²) in [7, 11) is 0. The predicted octanol–water partition coefficient (Wildman–Crippen LogP) is 8.84. The van der Waals surface area contributed by atoms with Crippen molar-refractivity contribution in [2.24, 2.45) is 0 Å². The van der Waals surface area contributed by atoms with E-state index in [4.69, 9.17) is 23.7 Å². The summed E-state index contributed by atoms with van der Waals surface area (Å²) in [6, 6.07) is 20.9. The molecule has 0 saturated carbocycles. The lowest BCUT2D eigenvalue weighted by molar-refractivity contribution is -0.163. The van der Waals surface area contributed by atoms with Crippen LogP contribution in [0.15, 0.2) is 60.7 Å². The zero-order valence-electron chi connectivity index (χ0n) is 42.6. The first-order chi connectivity index (χ1) is 31.6. The smallest absolute Gasteiger partial charge is 0.323 e. The van der Waals surface area contributed by atoms with E-state index in [1.165, 1.54) is 16.7 Å². The maximum Gasteiger partial charge on any atom is 0.323 e. The average molecular weight is 925 g/mol. The monoisotopic (exact) mass is 925 g/mol. The minimum Gasteiger partial charge on any atom is -0.491 e. The Morgan fingerprint density at radius 2 is 1.21 bits per heavy atom. The fraction of sp³-hybridized carbons (Fsp3) is 0.582. The molecule has 2 aliphatic rings. The highest BCUT2D eigenvalue weighted by atomic mass is 16.6. The van der Waals surface area contributed by atoms with E-state index in [-0.39, 0.29) is 37.0 Å². The van der Waals surface area contributed by atoms with Crippen LogP contribution in [0.25, 0.3) is 23.3 Å². The first-order valence-corrected chi connectivity index (χ1v) is 24.4. The van der Waals surface area contributed by atoms with Gasteiger partial charge < -0.3 is 23.7 Å². The van der Waals surface area contributed by atoms with Gasteiger partial charge in [-0.2, -0.15) is 0 Å². The number of likely N-dealkylation sites (tertiary alicyclic amines) is 1. The van der Waals surface area contributed by atoms with Gasteiger partial charge in [-0.3, -0.25) is 34.0 Å². The summed E-state index contributed by atoms with van der Waals surface area (Å²) < 4.78 is 30.0. The molecule has 5 rings (SSSR count). The number of carbonyl (C=O) groups is 3. The van der Waals surface area contributed by atoms with Gasteiger partial charge in [-0.1, -0.05) is 73.2 Å². The lowest BCUT2D eigenvalue weighted by Crippen LogP contribution is -2.46. The van der Waals surface area contributed by atoms with Gasteiger partial charge in [-0.25, -0.2) is 0 Å². The number of hydrogen-bond acceptors (Lipinski definition) is 12. The van der Waals surface area contributed by atoms with Crippen molar-refractivity contribution in [2.75, 3.05) is 85.3 Å². The third kappa shape index (κ3) is 18.4.